The molecule has 0 saturated heterocycles. The van der Waals surface area contributed by atoms with Gasteiger partial charge in [-0.05, 0) is 29.9 Å². The molecule has 0 radical (unpaired) electrons. The third-order valence-electron chi connectivity index (χ3n) is 8.06. The monoisotopic (exact) mass is 591 g/mol. The van der Waals surface area contributed by atoms with E-state index in [1.165, 1.54) is 11.8 Å². The van der Waals surface area contributed by atoms with Crippen molar-refractivity contribution in [3.8, 4) is 22.4 Å². The zero-order valence-corrected chi connectivity index (χ0v) is 24.4. The first-order chi connectivity index (χ1) is 20.5. The number of nitrogens with two attached hydrogens (primary N) is 1. The number of primary amides is 1. The zero-order valence-electron chi connectivity index (χ0n) is 24.4. The summed E-state index contributed by atoms with van der Waals surface area (Å²) in [6.07, 6.45) is 6.62. The third-order valence-corrected chi connectivity index (χ3v) is 8.06. The van der Waals surface area contributed by atoms with Crippen molar-refractivity contribution in [2.45, 2.75) is 51.0 Å². The number of amides is 1. The summed E-state index contributed by atoms with van der Waals surface area (Å²) in [4.78, 5) is 42.1. The van der Waals surface area contributed by atoms with Crippen LogP contribution in [-0.2, 0) is 23.6 Å². The summed E-state index contributed by atoms with van der Waals surface area (Å²) in [5.41, 5.74) is 9.71. The molecule has 43 heavy (non-hydrogen) atoms. The molecule has 1 saturated carbocycles. The first-order valence-corrected chi connectivity index (χ1v) is 14.0. The van der Waals surface area contributed by atoms with Crippen LogP contribution in [0.2, 0.25) is 0 Å². The Morgan fingerprint density at radius 3 is 2.42 bits per heavy atom. The van der Waals surface area contributed by atoms with Crippen LogP contribution >= 0.6 is 0 Å². The molecule has 0 spiro atoms. The van der Waals surface area contributed by atoms with E-state index in [1.807, 2.05) is 35.8 Å². The van der Waals surface area contributed by atoms with Gasteiger partial charge in [-0.3, -0.25) is 18.6 Å². The molecule has 4 heterocycles. The number of H-pyrrole nitrogens is 1. The highest BCUT2D eigenvalue weighted by molar-refractivity contribution is 6.14. The van der Waals surface area contributed by atoms with Crippen LogP contribution < -0.4 is 11.4 Å². The van der Waals surface area contributed by atoms with Gasteiger partial charge in [0.05, 0.1) is 47.4 Å². The predicted molar refractivity (Wildman–Crippen MR) is 159 cm³/mol. The van der Waals surface area contributed by atoms with Crippen molar-refractivity contribution < 1.29 is 23.8 Å². The molecule has 1 aliphatic carbocycles. The van der Waals surface area contributed by atoms with Gasteiger partial charge in [0.1, 0.15) is 5.65 Å². The van der Waals surface area contributed by atoms with Crippen LogP contribution in [0.15, 0.2) is 41.5 Å². The number of fused-ring (bicyclic) bond motifs is 3. The summed E-state index contributed by atoms with van der Waals surface area (Å²) in [7, 11) is 4.65. The number of halogens is 1. The minimum absolute atomic E-state index is 0.0286. The minimum atomic E-state index is -0.852. The molecule has 5 aromatic rings. The lowest BCUT2D eigenvalue weighted by atomic mass is 9.93. The normalized spacial score (nSPS) is 14.2. The summed E-state index contributed by atoms with van der Waals surface area (Å²) in [6, 6.07) is 7.76. The Morgan fingerprint density at radius 1 is 1.21 bits per heavy atom. The minimum Gasteiger partial charge on any atom is -0.481 e. The number of aromatic nitrogens is 6. The van der Waals surface area contributed by atoms with Crippen LogP contribution in [0.1, 0.15) is 56.6 Å². The van der Waals surface area contributed by atoms with E-state index in [9.17, 15) is 19.5 Å². The summed E-state index contributed by atoms with van der Waals surface area (Å²) in [5.74, 6) is -1.62. The van der Waals surface area contributed by atoms with Gasteiger partial charge in [-0.25, -0.2) is 14.6 Å². The molecule has 1 fully saturated rings. The molecule has 1 unspecified atom stereocenters. The molecular weight excluding hydrogens is 557 g/mol. The molecule has 0 aliphatic heterocycles. The maximum absolute atomic E-state index is 15.0. The fraction of sp³-hybridized carbons (Fsp3) is 0.367. The number of aliphatic carboxylic acids is 1. The average molecular weight is 592 g/mol. The highest BCUT2D eigenvalue weighted by Crippen LogP contribution is 2.43. The van der Waals surface area contributed by atoms with Gasteiger partial charge in [0.15, 0.2) is 0 Å². The standard InChI is InChI=1S/C28H29FN6O3.C2H5NO2/c1-15(12-21(36)37)16-8-10-17(11-9-16)22-23-25-20(34(3)28(38)35(25)18-6-4-5-7-18)13-30-27(23)31-24(22)19-14-33(2)32-26(19)29;1-5-2(3)4/h8-11,13-15,18H,4-7,12H2,1-3H3,(H,30,31)(H,36,37);1H3,(H2,3,4). The van der Waals surface area contributed by atoms with Gasteiger partial charge < -0.3 is 20.6 Å². The van der Waals surface area contributed by atoms with E-state index in [0.29, 0.717) is 16.9 Å². The molecule has 4 aromatic heterocycles. The lowest BCUT2D eigenvalue weighted by Gasteiger charge is -2.13. The van der Waals surface area contributed by atoms with Crippen LogP contribution in [0.4, 0.5) is 9.18 Å². The van der Waals surface area contributed by atoms with Crippen molar-refractivity contribution in [1.29, 1.82) is 0 Å². The molecule has 6 rings (SSSR count). The summed E-state index contributed by atoms with van der Waals surface area (Å²) in [5, 5.41) is 13.9. The number of carbonyl (C=O) groups is 2. The number of pyridine rings is 1. The maximum Gasteiger partial charge on any atom is 0.404 e. The fourth-order valence-electron chi connectivity index (χ4n) is 5.96. The average Bonchev–Trinajstić information content (AvgIpc) is 3.74. The number of nitrogens with zero attached hydrogens (tertiary/aromatic N) is 5. The van der Waals surface area contributed by atoms with Gasteiger partial charge in [-0.15, -0.1) is 5.10 Å². The predicted octanol–water partition coefficient (Wildman–Crippen LogP) is 4.83. The van der Waals surface area contributed by atoms with Crippen molar-refractivity contribution in [1.82, 2.24) is 28.9 Å². The summed E-state index contributed by atoms with van der Waals surface area (Å²) < 4.78 is 23.9. The number of imidazole rings is 1. The SMILES string of the molecule is CC(CC(=O)O)c1ccc(-c2c(-c3cn(C)nc3F)[nH]c3ncc4c(c23)n(C2CCCC2)c(=O)n4C)cc1.COC(N)=O. The smallest absolute Gasteiger partial charge is 0.404 e. The number of benzene rings is 1. The van der Waals surface area contributed by atoms with E-state index in [4.69, 9.17) is 0 Å². The van der Waals surface area contributed by atoms with E-state index < -0.39 is 18.0 Å². The Bertz CT molecular complexity index is 1880. The second-order valence-corrected chi connectivity index (χ2v) is 10.9. The number of hydrogen-bond donors (Lipinski definition) is 3. The highest BCUT2D eigenvalue weighted by Gasteiger charge is 2.28. The van der Waals surface area contributed by atoms with Crippen LogP contribution in [-0.4, -0.2) is 53.2 Å². The number of ether oxygens (including phenoxy) is 1. The van der Waals surface area contributed by atoms with Crippen LogP contribution in [0, 0.1) is 5.95 Å². The third kappa shape index (κ3) is 5.49. The quantitative estimate of drug-likeness (QED) is 0.255. The summed E-state index contributed by atoms with van der Waals surface area (Å²) in [6.45, 7) is 1.88. The molecule has 13 heteroatoms. The Morgan fingerprint density at radius 2 is 1.86 bits per heavy atom. The molecule has 226 valence electrons. The Balaban J connectivity index is 0.000000682. The van der Waals surface area contributed by atoms with Gasteiger partial charge in [0, 0.05) is 31.9 Å². The van der Waals surface area contributed by atoms with E-state index in [1.54, 1.807) is 31.1 Å². The number of carboxylic acids is 1. The number of rotatable bonds is 6. The topological polar surface area (TPSA) is 163 Å². The molecular formula is C30H34FN7O5. The molecule has 12 nitrogen and oxygen atoms in total. The van der Waals surface area contributed by atoms with E-state index in [0.717, 1.165) is 58.8 Å². The maximum atomic E-state index is 15.0. The Hall–Kier alpha value is -4.94. The van der Waals surface area contributed by atoms with Gasteiger partial charge in [-0.1, -0.05) is 44.0 Å². The number of aryl methyl sites for hydroxylation is 2. The van der Waals surface area contributed by atoms with Gasteiger partial charge in [0.25, 0.3) is 0 Å². The Kier molecular flexibility index (Phi) is 8.07. The van der Waals surface area contributed by atoms with E-state index >= 15 is 4.39 Å². The van der Waals surface area contributed by atoms with E-state index in [2.05, 4.69) is 25.5 Å². The van der Waals surface area contributed by atoms with Gasteiger partial charge >= 0.3 is 17.8 Å². The van der Waals surface area contributed by atoms with Crippen molar-refractivity contribution in [3.63, 3.8) is 0 Å². The van der Waals surface area contributed by atoms with Crippen LogP contribution in [0.25, 0.3) is 44.5 Å². The Labute approximate surface area is 245 Å². The number of nitrogens with one attached hydrogen (secondary N) is 1. The first-order valence-electron chi connectivity index (χ1n) is 14.0. The number of hydrogen-bond acceptors (Lipinski definition) is 6. The van der Waals surface area contributed by atoms with Crippen LogP contribution in [0.5, 0.6) is 0 Å². The zero-order chi connectivity index (χ0) is 31.0. The molecule has 1 aromatic carbocycles. The molecule has 0 bridgehead atoms. The number of aromatic amines is 1. The van der Waals surface area contributed by atoms with Crippen molar-refractivity contribution in [2.24, 2.45) is 19.8 Å². The number of carboxylic acid groups (broad SMARTS) is 1. The lowest BCUT2D eigenvalue weighted by Crippen LogP contribution is -2.24. The molecule has 4 N–H and O–H groups in total. The molecule has 1 aliphatic rings. The van der Waals surface area contributed by atoms with Gasteiger partial charge in [-0.2, -0.15) is 4.39 Å². The number of methoxy groups -OCH3 is 1. The van der Waals surface area contributed by atoms with Crippen molar-refractivity contribution in [2.75, 3.05) is 7.11 Å². The lowest BCUT2D eigenvalue weighted by molar-refractivity contribution is -0.137. The van der Waals surface area contributed by atoms with Crippen LogP contribution in [0.3, 0.4) is 0 Å². The molecule has 1 atom stereocenters. The second-order valence-electron chi connectivity index (χ2n) is 10.9. The van der Waals surface area contributed by atoms with Crippen molar-refractivity contribution >= 4 is 34.1 Å². The van der Waals surface area contributed by atoms with Crippen molar-refractivity contribution in [3.05, 3.63) is 58.7 Å². The van der Waals surface area contributed by atoms with Gasteiger partial charge in [0.2, 0.25) is 5.95 Å². The highest BCUT2D eigenvalue weighted by atomic mass is 19.1. The second kappa shape index (κ2) is 11.7. The first kappa shape index (κ1) is 29.5. The summed E-state index contributed by atoms with van der Waals surface area (Å²) >= 11 is 0. The number of carbonyl (C=O) groups excluding carboxylic acids is 1. The molecule has 1 amide bonds. The largest absolute Gasteiger partial charge is 0.481 e. The fourth-order valence-corrected chi connectivity index (χ4v) is 5.96. The van der Waals surface area contributed by atoms with E-state index in [-0.39, 0.29) is 24.1 Å².